The highest BCUT2D eigenvalue weighted by Gasteiger charge is 2.05. The van der Waals surface area contributed by atoms with Crippen molar-refractivity contribution in [3.8, 4) is 16.9 Å². The van der Waals surface area contributed by atoms with Gasteiger partial charge in [0.05, 0.1) is 0 Å². The predicted octanol–water partition coefficient (Wildman–Crippen LogP) is 3.23. The first-order valence-corrected chi connectivity index (χ1v) is 7.37. The van der Waals surface area contributed by atoms with Crippen molar-refractivity contribution in [1.82, 2.24) is 0 Å². The number of benzene rings is 2. The molecule has 0 bridgehead atoms. The third-order valence-corrected chi connectivity index (χ3v) is 3.07. The Morgan fingerprint density at radius 1 is 0.947 bits per heavy atom. The number of ether oxygens (including phenoxy) is 1. The first-order chi connectivity index (χ1) is 8.94. The van der Waals surface area contributed by atoms with E-state index >= 15 is 0 Å². The van der Waals surface area contributed by atoms with E-state index in [1.807, 2.05) is 12.1 Å². The molecule has 0 heterocycles. The van der Waals surface area contributed by atoms with Gasteiger partial charge in [-0.1, -0.05) is 35.9 Å². The van der Waals surface area contributed by atoms with Gasteiger partial charge in [0.1, 0.15) is 5.75 Å². The molecule has 0 unspecified atom stereocenters. The SMILES string of the molecule is O=S(=O)(O)COc1ccc(-c2ccc(Cl)cc2)cc1. The van der Waals surface area contributed by atoms with Crippen LogP contribution in [-0.2, 0) is 10.1 Å². The quantitative estimate of drug-likeness (QED) is 0.880. The standard InChI is InChI=1S/C13H11ClO4S/c14-12-5-1-10(2-6-12)11-3-7-13(8-4-11)18-9-19(15,16)17/h1-8H,9H2,(H,15,16,17). The Morgan fingerprint density at radius 3 is 1.89 bits per heavy atom. The Kier molecular flexibility index (Phi) is 4.09. The second-order valence-electron chi connectivity index (χ2n) is 3.88. The maximum absolute atomic E-state index is 10.5. The highest BCUT2D eigenvalue weighted by molar-refractivity contribution is 7.85. The smallest absolute Gasteiger partial charge is 0.300 e. The van der Waals surface area contributed by atoms with Crippen LogP contribution in [0.15, 0.2) is 48.5 Å². The summed E-state index contributed by atoms with van der Waals surface area (Å²) >= 11 is 5.81. The van der Waals surface area contributed by atoms with E-state index in [-0.39, 0.29) is 0 Å². The van der Waals surface area contributed by atoms with Crippen LogP contribution in [0.4, 0.5) is 0 Å². The van der Waals surface area contributed by atoms with Crippen LogP contribution in [0.5, 0.6) is 5.75 Å². The van der Waals surface area contributed by atoms with Gasteiger partial charge in [-0.15, -0.1) is 0 Å². The zero-order chi connectivity index (χ0) is 13.9. The van der Waals surface area contributed by atoms with Crippen LogP contribution in [0.1, 0.15) is 0 Å². The molecule has 0 aliphatic carbocycles. The van der Waals surface area contributed by atoms with Crippen molar-refractivity contribution < 1.29 is 17.7 Å². The maximum Gasteiger partial charge on any atom is 0.300 e. The van der Waals surface area contributed by atoms with Gasteiger partial charge in [0, 0.05) is 5.02 Å². The van der Waals surface area contributed by atoms with Gasteiger partial charge in [0.2, 0.25) is 5.94 Å². The van der Waals surface area contributed by atoms with Gasteiger partial charge >= 0.3 is 10.1 Å². The molecule has 0 radical (unpaired) electrons. The van der Waals surface area contributed by atoms with E-state index in [0.717, 1.165) is 11.1 Å². The Labute approximate surface area is 116 Å². The molecule has 0 saturated heterocycles. The van der Waals surface area contributed by atoms with E-state index < -0.39 is 16.1 Å². The molecule has 2 aromatic rings. The molecule has 0 saturated carbocycles. The lowest BCUT2D eigenvalue weighted by Gasteiger charge is -2.06. The molecular weight excluding hydrogens is 288 g/mol. The predicted molar refractivity (Wildman–Crippen MR) is 73.9 cm³/mol. The molecule has 100 valence electrons. The van der Waals surface area contributed by atoms with Crippen molar-refractivity contribution in [3.05, 3.63) is 53.6 Å². The molecule has 0 aromatic heterocycles. The molecule has 0 fully saturated rings. The molecule has 19 heavy (non-hydrogen) atoms. The van der Waals surface area contributed by atoms with Crippen molar-refractivity contribution in [2.75, 3.05) is 5.94 Å². The summed E-state index contributed by atoms with van der Waals surface area (Å²) in [6, 6.07) is 14.2. The van der Waals surface area contributed by atoms with Crippen LogP contribution in [0.2, 0.25) is 5.02 Å². The summed E-state index contributed by atoms with van der Waals surface area (Å²) in [6.07, 6.45) is 0. The molecule has 0 aliphatic heterocycles. The van der Waals surface area contributed by atoms with E-state index in [1.54, 1.807) is 36.4 Å². The Morgan fingerprint density at radius 2 is 1.42 bits per heavy atom. The first kappa shape index (κ1) is 13.9. The van der Waals surface area contributed by atoms with Crippen LogP contribution >= 0.6 is 11.6 Å². The third kappa shape index (κ3) is 4.24. The fourth-order valence-corrected chi connectivity index (χ4v) is 1.94. The minimum atomic E-state index is -4.13. The van der Waals surface area contributed by atoms with E-state index in [9.17, 15) is 8.42 Å². The van der Waals surface area contributed by atoms with Crippen molar-refractivity contribution in [3.63, 3.8) is 0 Å². The molecule has 4 nitrogen and oxygen atoms in total. The summed E-state index contributed by atoms with van der Waals surface area (Å²) in [5, 5.41) is 0.664. The Hall–Kier alpha value is -1.56. The van der Waals surface area contributed by atoms with Crippen molar-refractivity contribution in [2.45, 2.75) is 0 Å². The summed E-state index contributed by atoms with van der Waals surface area (Å²) in [7, 11) is -4.13. The van der Waals surface area contributed by atoms with Gasteiger partial charge in [-0.2, -0.15) is 8.42 Å². The fraction of sp³-hybridized carbons (Fsp3) is 0.0769. The number of hydrogen-bond acceptors (Lipinski definition) is 3. The summed E-state index contributed by atoms with van der Waals surface area (Å²) < 4.78 is 34.6. The molecular formula is C13H11ClO4S. The Balaban J connectivity index is 2.12. The van der Waals surface area contributed by atoms with Gasteiger partial charge in [-0.3, -0.25) is 4.55 Å². The second kappa shape index (κ2) is 5.61. The van der Waals surface area contributed by atoms with Crippen LogP contribution in [0, 0.1) is 0 Å². The largest absolute Gasteiger partial charge is 0.475 e. The Bertz CT molecular complexity index is 648. The summed E-state index contributed by atoms with van der Waals surface area (Å²) in [5.41, 5.74) is 1.95. The molecule has 2 rings (SSSR count). The van der Waals surface area contributed by atoms with Gasteiger partial charge in [0.25, 0.3) is 0 Å². The van der Waals surface area contributed by atoms with Gasteiger partial charge in [-0.25, -0.2) is 0 Å². The molecule has 2 aromatic carbocycles. The first-order valence-electron chi connectivity index (χ1n) is 5.38. The lowest BCUT2D eigenvalue weighted by molar-refractivity contribution is 0.353. The highest BCUT2D eigenvalue weighted by Crippen LogP contribution is 2.23. The van der Waals surface area contributed by atoms with Crippen LogP contribution in [-0.4, -0.2) is 18.9 Å². The summed E-state index contributed by atoms with van der Waals surface area (Å²) in [6.45, 7) is 0. The molecule has 0 aliphatic rings. The van der Waals surface area contributed by atoms with E-state index in [0.29, 0.717) is 10.8 Å². The average Bonchev–Trinajstić information content (AvgIpc) is 2.37. The average molecular weight is 299 g/mol. The van der Waals surface area contributed by atoms with Crippen molar-refractivity contribution in [1.29, 1.82) is 0 Å². The molecule has 6 heteroatoms. The van der Waals surface area contributed by atoms with Crippen LogP contribution < -0.4 is 4.74 Å². The topological polar surface area (TPSA) is 63.6 Å². The van der Waals surface area contributed by atoms with E-state index in [4.69, 9.17) is 20.9 Å². The van der Waals surface area contributed by atoms with Crippen LogP contribution in [0.3, 0.4) is 0 Å². The normalized spacial score (nSPS) is 11.3. The lowest BCUT2D eigenvalue weighted by Crippen LogP contribution is -2.10. The van der Waals surface area contributed by atoms with E-state index in [2.05, 4.69) is 0 Å². The minimum Gasteiger partial charge on any atom is -0.475 e. The second-order valence-corrected chi connectivity index (χ2v) is 5.71. The van der Waals surface area contributed by atoms with Gasteiger partial charge in [-0.05, 0) is 35.4 Å². The monoisotopic (exact) mass is 298 g/mol. The summed E-state index contributed by atoms with van der Waals surface area (Å²) in [5.74, 6) is -0.386. The van der Waals surface area contributed by atoms with Crippen molar-refractivity contribution in [2.24, 2.45) is 0 Å². The fourth-order valence-electron chi connectivity index (χ4n) is 1.53. The number of rotatable bonds is 4. The van der Waals surface area contributed by atoms with Gasteiger partial charge in [0.15, 0.2) is 0 Å². The zero-order valence-corrected chi connectivity index (χ0v) is 11.4. The zero-order valence-electron chi connectivity index (χ0n) is 9.78. The molecule has 1 N–H and O–H groups in total. The number of hydrogen-bond donors (Lipinski definition) is 1. The third-order valence-electron chi connectivity index (χ3n) is 2.41. The number of halogens is 1. The maximum atomic E-state index is 10.5. The lowest BCUT2D eigenvalue weighted by atomic mass is 10.1. The van der Waals surface area contributed by atoms with E-state index in [1.165, 1.54) is 0 Å². The molecule has 0 spiro atoms. The highest BCUT2D eigenvalue weighted by atomic mass is 35.5. The molecule has 0 atom stereocenters. The van der Waals surface area contributed by atoms with Crippen LogP contribution in [0.25, 0.3) is 11.1 Å². The molecule has 0 amide bonds. The minimum absolute atomic E-state index is 0.371. The van der Waals surface area contributed by atoms with Crippen molar-refractivity contribution >= 4 is 21.7 Å². The van der Waals surface area contributed by atoms with Gasteiger partial charge < -0.3 is 4.74 Å². The summed E-state index contributed by atoms with van der Waals surface area (Å²) in [4.78, 5) is 0.